The Morgan fingerprint density at radius 3 is 2.44 bits per heavy atom. The number of ketones is 1. The Hall–Kier alpha value is -1.90. The molecule has 0 spiro atoms. The average molecular weight is 242 g/mol. The van der Waals surface area contributed by atoms with E-state index in [0.717, 1.165) is 29.9 Å². The van der Waals surface area contributed by atoms with Crippen LogP contribution in [0.3, 0.4) is 0 Å². The molecule has 0 saturated carbocycles. The van der Waals surface area contributed by atoms with Gasteiger partial charge in [0.05, 0.1) is 11.3 Å². The first-order valence-electron chi connectivity index (χ1n) is 6.18. The molecule has 2 aromatic rings. The highest BCUT2D eigenvalue weighted by Gasteiger charge is 2.14. The van der Waals surface area contributed by atoms with Gasteiger partial charge in [0.25, 0.3) is 0 Å². The molecule has 0 aliphatic heterocycles. The molecule has 0 fully saturated rings. The van der Waals surface area contributed by atoms with Gasteiger partial charge in [-0.1, -0.05) is 30.3 Å². The number of benzene rings is 1. The minimum absolute atomic E-state index is 0.0935. The summed E-state index contributed by atoms with van der Waals surface area (Å²) < 4.78 is 1.93. The second-order valence-electron chi connectivity index (χ2n) is 4.56. The number of carbonyl (C=O) groups is 1. The molecule has 1 aromatic carbocycles. The summed E-state index contributed by atoms with van der Waals surface area (Å²) in [6.07, 6.45) is 0.931. The van der Waals surface area contributed by atoms with Crippen LogP contribution in [0.1, 0.15) is 34.2 Å². The van der Waals surface area contributed by atoms with Gasteiger partial charge in [0.1, 0.15) is 0 Å². The van der Waals surface area contributed by atoms with Crippen LogP contribution in [-0.2, 0) is 13.0 Å². The lowest BCUT2D eigenvalue weighted by atomic mass is 10.1. The summed E-state index contributed by atoms with van der Waals surface area (Å²) >= 11 is 0. The molecule has 0 aliphatic carbocycles. The SMILES string of the molecule is CC(=O)c1c(C)nn(CCc2ccccc2)c1C. The number of hydrogen-bond donors (Lipinski definition) is 0. The fraction of sp³-hybridized carbons (Fsp3) is 0.333. The lowest BCUT2D eigenvalue weighted by Crippen LogP contribution is -2.06. The second kappa shape index (κ2) is 5.17. The Balaban J connectivity index is 2.16. The summed E-state index contributed by atoms with van der Waals surface area (Å²) in [7, 11) is 0. The zero-order chi connectivity index (χ0) is 13.1. The van der Waals surface area contributed by atoms with Crippen LogP contribution in [0, 0.1) is 13.8 Å². The molecule has 3 heteroatoms. The van der Waals surface area contributed by atoms with Gasteiger partial charge in [0, 0.05) is 12.2 Å². The van der Waals surface area contributed by atoms with Gasteiger partial charge in [0.2, 0.25) is 0 Å². The molecule has 0 atom stereocenters. The van der Waals surface area contributed by atoms with Crippen molar-refractivity contribution in [3.8, 4) is 0 Å². The summed E-state index contributed by atoms with van der Waals surface area (Å²) in [5.74, 6) is 0.0935. The summed E-state index contributed by atoms with van der Waals surface area (Å²) in [5, 5.41) is 4.44. The Kier molecular flexibility index (Phi) is 3.60. The Labute approximate surface area is 107 Å². The van der Waals surface area contributed by atoms with Gasteiger partial charge < -0.3 is 0 Å². The van der Waals surface area contributed by atoms with E-state index in [9.17, 15) is 4.79 Å². The van der Waals surface area contributed by atoms with Crippen LogP contribution in [0.25, 0.3) is 0 Å². The normalized spacial score (nSPS) is 10.6. The van der Waals surface area contributed by atoms with Gasteiger partial charge in [0.15, 0.2) is 5.78 Å². The summed E-state index contributed by atoms with van der Waals surface area (Å²) in [6, 6.07) is 10.3. The zero-order valence-electron chi connectivity index (χ0n) is 11.1. The topological polar surface area (TPSA) is 34.9 Å². The standard InChI is InChI=1S/C15H18N2O/c1-11-15(13(3)18)12(2)17(16-11)10-9-14-7-5-4-6-8-14/h4-8H,9-10H2,1-3H3. The highest BCUT2D eigenvalue weighted by Crippen LogP contribution is 2.14. The van der Waals surface area contributed by atoms with Crippen LogP contribution in [0.4, 0.5) is 0 Å². The molecule has 0 N–H and O–H groups in total. The summed E-state index contributed by atoms with van der Waals surface area (Å²) in [4.78, 5) is 11.5. The number of hydrogen-bond acceptors (Lipinski definition) is 2. The average Bonchev–Trinajstić information content (AvgIpc) is 2.63. The van der Waals surface area contributed by atoms with E-state index in [1.54, 1.807) is 6.92 Å². The van der Waals surface area contributed by atoms with E-state index < -0.39 is 0 Å². The van der Waals surface area contributed by atoms with Crippen LogP contribution in [-0.4, -0.2) is 15.6 Å². The predicted octanol–water partition coefficient (Wildman–Crippen LogP) is 2.95. The van der Waals surface area contributed by atoms with Crippen molar-refractivity contribution in [2.75, 3.05) is 0 Å². The first-order valence-corrected chi connectivity index (χ1v) is 6.18. The molecule has 1 heterocycles. The molecule has 94 valence electrons. The minimum atomic E-state index is 0.0935. The maximum atomic E-state index is 11.5. The second-order valence-corrected chi connectivity index (χ2v) is 4.56. The fourth-order valence-corrected chi connectivity index (χ4v) is 2.30. The maximum Gasteiger partial charge on any atom is 0.163 e. The molecular weight excluding hydrogens is 224 g/mol. The van der Waals surface area contributed by atoms with Crippen LogP contribution < -0.4 is 0 Å². The lowest BCUT2D eigenvalue weighted by Gasteiger charge is -2.05. The fourth-order valence-electron chi connectivity index (χ4n) is 2.30. The van der Waals surface area contributed by atoms with Crippen molar-refractivity contribution < 1.29 is 4.79 Å². The third kappa shape index (κ3) is 2.50. The van der Waals surface area contributed by atoms with Gasteiger partial charge in [-0.25, -0.2) is 0 Å². The Morgan fingerprint density at radius 2 is 1.89 bits per heavy atom. The van der Waals surface area contributed by atoms with Crippen molar-refractivity contribution >= 4 is 5.78 Å². The summed E-state index contributed by atoms with van der Waals surface area (Å²) in [6.45, 7) is 6.26. The van der Waals surface area contributed by atoms with E-state index in [1.165, 1.54) is 5.56 Å². The van der Waals surface area contributed by atoms with Crippen molar-refractivity contribution in [1.29, 1.82) is 0 Å². The van der Waals surface area contributed by atoms with E-state index in [0.29, 0.717) is 0 Å². The molecule has 0 radical (unpaired) electrons. The number of rotatable bonds is 4. The summed E-state index contributed by atoms with van der Waals surface area (Å²) in [5.41, 5.74) is 3.85. The van der Waals surface area contributed by atoms with Crippen LogP contribution in [0.15, 0.2) is 30.3 Å². The monoisotopic (exact) mass is 242 g/mol. The van der Waals surface area contributed by atoms with Gasteiger partial charge in [-0.05, 0) is 32.8 Å². The largest absolute Gasteiger partial charge is 0.294 e. The van der Waals surface area contributed by atoms with Crippen molar-refractivity contribution in [3.63, 3.8) is 0 Å². The molecule has 0 bridgehead atoms. The smallest absolute Gasteiger partial charge is 0.163 e. The van der Waals surface area contributed by atoms with E-state index in [1.807, 2.05) is 36.7 Å². The van der Waals surface area contributed by atoms with Gasteiger partial charge in [-0.2, -0.15) is 5.10 Å². The minimum Gasteiger partial charge on any atom is -0.294 e. The quantitative estimate of drug-likeness (QED) is 0.773. The highest BCUT2D eigenvalue weighted by molar-refractivity contribution is 5.96. The number of carbonyl (C=O) groups excluding carboxylic acids is 1. The third-order valence-corrected chi connectivity index (χ3v) is 3.19. The van der Waals surface area contributed by atoms with Crippen LogP contribution in [0.2, 0.25) is 0 Å². The number of Topliss-reactive ketones (excluding diaryl/α,β-unsaturated/α-hetero) is 1. The van der Waals surface area contributed by atoms with Gasteiger partial charge in [-0.3, -0.25) is 9.48 Å². The molecule has 0 saturated heterocycles. The van der Waals surface area contributed by atoms with Crippen molar-refractivity contribution in [2.45, 2.75) is 33.7 Å². The molecule has 1 aromatic heterocycles. The first kappa shape index (κ1) is 12.6. The molecule has 0 unspecified atom stereocenters. The van der Waals surface area contributed by atoms with Gasteiger partial charge in [-0.15, -0.1) is 0 Å². The van der Waals surface area contributed by atoms with Gasteiger partial charge >= 0.3 is 0 Å². The molecule has 18 heavy (non-hydrogen) atoms. The maximum absolute atomic E-state index is 11.5. The van der Waals surface area contributed by atoms with E-state index in [2.05, 4.69) is 17.2 Å². The van der Waals surface area contributed by atoms with E-state index >= 15 is 0 Å². The highest BCUT2D eigenvalue weighted by atomic mass is 16.1. The third-order valence-electron chi connectivity index (χ3n) is 3.19. The molecule has 0 aliphatic rings. The zero-order valence-corrected chi connectivity index (χ0v) is 11.1. The van der Waals surface area contributed by atoms with Crippen molar-refractivity contribution in [3.05, 3.63) is 52.8 Å². The molecule has 3 nitrogen and oxygen atoms in total. The number of aromatic nitrogens is 2. The van der Waals surface area contributed by atoms with Crippen molar-refractivity contribution in [2.24, 2.45) is 0 Å². The Bertz CT molecular complexity index is 555. The lowest BCUT2D eigenvalue weighted by molar-refractivity contribution is 0.101. The first-order chi connectivity index (χ1) is 8.59. The van der Waals surface area contributed by atoms with Crippen LogP contribution in [0.5, 0.6) is 0 Å². The molecule has 2 rings (SSSR count). The van der Waals surface area contributed by atoms with Crippen LogP contribution >= 0.6 is 0 Å². The molecule has 0 amide bonds. The van der Waals surface area contributed by atoms with E-state index in [-0.39, 0.29) is 5.78 Å². The molecular formula is C15H18N2O. The van der Waals surface area contributed by atoms with Crippen molar-refractivity contribution in [1.82, 2.24) is 9.78 Å². The number of aryl methyl sites for hydroxylation is 3. The predicted molar refractivity (Wildman–Crippen MR) is 71.9 cm³/mol. The number of nitrogens with zero attached hydrogens (tertiary/aromatic N) is 2. The Morgan fingerprint density at radius 1 is 1.22 bits per heavy atom. The van der Waals surface area contributed by atoms with E-state index in [4.69, 9.17) is 0 Å².